The van der Waals surface area contributed by atoms with Crippen LogP contribution in [0.25, 0.3) is 0 Å². The topological polar surface area (TPSA) is 46.5 Å². The lowest BCUT2D eigenvalue weighted by atomic mass is 9.82. The first-order valence-electron chi connectivity index (χ1n) is 7.72. The van der Waals surface area contributed by atoms with E-state index in [9.17, 15) is 4.79 Å². The van der Waals surface area contributed by atoms with Gasteiger partial charge >= 0.3 is 5.97 Å². The van der Waals surface area contributed by atoms with Crippen LogP contribution in [0.15, 0.2) is 11.1 Å². The van der Waals surface area contributed by atoms with Gasteiger partial charge in [-0.2, -0.15) is 0 Å². The maximum atomic E-state index is 12.1. The van der Waals surface area contributed by atoms with Crippen molar-refractivity contribution in [1.82, 2.24) is 0 Å². The molecule has 0 bridgehead atoms. The second-order valence-electron chi connectivity index (χ2n) is 5.90. The lowest BCUT2D eigenvalue weighted by molar-refractivity contribution is -0.140. The molecule has 0 heterocycles. The van der Waals surface area contributed by atoms with Gasteiger partial charge in [-0.25, -0.2) is 4.79 Å². The molecule has 0 aromatic rings. The summed E-state index contributed by atoms with van der Waals surface area (Å²) < 4.78 is 5.11. The van der Waals surface area contributed by atoms with Crippen LogP contribution in [-0.4, -0.2) is 24.3 Å². The first kappa shape index (κ1) is 14.6. The molecule has 0 aromatic carbocycles. The number of hydrogen-bond acceptors (Lipinski definition) is 3. The summed E-state index contributed by atoms with van der Waals surface area (Å²) >= 11 is 0. The molecule has 0 aromatic heterocycles. The van der Waals surface area contributed by atoms with E-state index in [1.54, 1.807) is 0 Å². The van der Waals surface area contributed by atoms with Gasteiger partial charge in [-0.1, -0.05) is 31.3 Å². The molecular weight excluding hydrogens is 240 g/mol. The average Bonchev–Trinajstić information content (AvgIpc) is 3.09. The van der Waals surface area contributed by atoms with E-state index in [1.807, 2.05) is 6.92 Å². The molecule has 0 saturated heterocycles. The zero-order valence-corrected chi connectivity index (χ0v) is 12.0. The maximum absolute atomic E-state index is 12.1. The van der Waals surface area contributed by atoms with Gasteiger partial charge < -0.3 is 9.84 Å². The van der Waals surface area contributed by atoms with E-state index < -0.39 is 0 Å². The zero-order valence-electron chi connectivity index (χ0n) is 12.0. The molecule has 0 atom stereocenters. The van der Waals surface area contributed by atoms with Gasteiger partial charge in [-0.3, -0.25) is 0 Å². The Hall–Kier alpha value is -0.830. The Morgan fingerprint density at radius 2 is 1.53 bits per heavy atom. The lowest BCUT2D eigenvalue weighted by Gasteiger charge is -2.23. The summed E-state index contributed by atoms with van der Waals surface area (Å²) in [6.45, 7) is 1.94. The molecule has 19 heavy (non-hydrogen) atoms. The van der Waals surface area contributed by atoms with E-state index in [0.717, 1.165) is 5.57 Å². The van der Waals surface area contributed by atoms with Crippen LogP contribution in [0.3, 0.4) is 0 Å². The number of aliphatic hydroxyl groups is 1. The Bertz CT molecular complexity index is 316. The molecule has 0 spiro atoms. The van der Waals surface area contributed by atoms with Crippen LogP contribution < -0.4 is 0 Å². The van der Waals surface area contributed by atoms with Gasteiger partial charge in [0.05, 0.1) is 6.61 Å². The van der Waals surface area contributed by atoms with Gasteiger partial charge in [0.15, 0.2) is 0 Å². The zero-order chi connectivity index (χ0) is 13.7. The molecule has 3 heteroatoms. The molecule has 2 rings (SSSR count). The number of carbonyl (C=O) groups excluding carboxylic acids is 1. The van der Waals surface area contributed by atoms with Gasteiger partial charge in [0.1, 0.15) is 6.61 Å². The van der Waals surface area contributed by atoms with Gasteiger partial charge in [0, 0.05) is 5.57 Å². The standard InChI is InChI=1S/C16H26O3/c1-12(16(18)19-11-10-17)15(13-6-2-3-7-13)14-8-4-5-9-14/h13-14,17H,2-11H2,1H3. The molecule has 2 saturated carbocycles. The molecule has 3 nitrogen and oxygen atoms in total. The fourth-order valence-electron chi connectivity index (χ4n) is 3.78. The predicted molar refractivity (Wildman–Crippen MR) is 74.7 cm³/mol. The highest BCUT2D eigenvalue weighted by atomic mass is 16.5. The number of rotatable bonds is 5. The van der Waals surface area contributed by atoms with Crippen LogP contribution in [0.5, 0.6) is 0 Å². The highest BCUT2D eigenvalue weighted by Crippen LogP contribution is 2.42. The molecule has 108 valence electrons. The Labute approximate surface area is 116 Å². The van der Waals surface area contributed by atoms with E-state index in [-0.39, 0.29) is 19.2 Å². The van der Waals surface area contributed by atoms with Crippen molar-refractivity contribution in [2.45, 2.75) is 58.3 Å². The van der Waals surface area contributed by atoms with E-state index >= 15 is 0 Å². The van der Waals surface area contributed by atoms with Crippen molar-refractivity contribution in [3.05, 3.63) is 11.1 Å². The Balaban J connectivity index is 2.15. The minimum absolute atomic E-state index is 0.0960. The minimum Gasteiger partial charge on any atom is -0.460 e. The van der Waals surface area contributed by atoms with Crippen LogP contribution in [0.2, 0.25) is 0 Å². The number of esters is 1. The first-order chi connectivity index (χ1) is 9.24. The van der Waals surface area contributed by atoms with Crippen LogP contribution in [0, 0.1) is 11.8 Å². The maximum Gasteiger partial charge on any atom is 0.333 e. The SMILES string of the molecule is CC(C(=O)OCCO)=C(C1CCCC1)C1CCCC1. The molecule has 2 aliphatic rings. The molecule has 1 N–H and O–H groups in total. The number of carbonyl (C=O) groups is 1. The third kappa shape index (κ3) is 3.59. The summed E-state index contributed by atoms with van der Waals surface area (Å²) in [6.07, 6.45) is 10.1. The molecule has 0 radical (unpaired) electrons. The van der Waals surface area contributed by atoms with E-state index in [1.165, 1.54) is 56.9 Å². The number of hydrogen-bond donors (Lipinski definition) is 1. The third-order valence-corrected chi connectivity index (χ3v) is 4.65. The summed E-state index contributed by atoms with van der Waals surface area (Å²) in [5, 5.41) is 8.77. The van der Waals surface area contributed by atoms with Crippen molar-refractivity contribution >= 4 is 5.97 Å². The van der Waals surface area contributed by atoms with Crippen molar-refractivity contribution < 1.29 is 14.6 Å². The smallest absolute Gasteiger partial charge is 0.333 e. The van der Waals surface area contributed by atoms with Crippen molar-refractivity contribution in [3.8, 4) is 0 Å². The normalized spacial score (nSPS) is 20.7. The van der Waals surface area contributed by atoms with E-state index in [0.29, 0.717) is 11.8 Å². The second-order valence-corrected chi connectivity index (χ2v) is 5.90. The summed E-state index contributed by atoms with van der Waals surface area (Å²) in [6, 6.07) is 0. The Kier molecular flexibility index (Phi) is 5.44. The number of ether oxygens (including phenoxy) is 1. The molecule has 2 fully saturated rings. The third-order valence-electron chi connectivity index (χ3n) is 4.65. The largest absolute Gasteiger partial charge is 0.460 e. The summed E-state index contributed by atoms with van der Waals surface area (Å²) in [4.78, 5) is 12.1. The van der Waals surface area contributed by atoms with Crippen molar-refractivity contribution in [1.29, 1.82) is 0 Å². The van der Waals surface area contributed by atoms with Crippen molar-refractivity contribution in [2.75, 3.05) is 13.2 Å². The first-order valence-corrected chi connectivity index (χ1v) is 7.72. The van der Waals surface area contributed by atoms with Crippen LogP contribution in [0.1, 0.15) is 58.3 Å². The van der Waals surface area contributed by atoms with Crippen LogP contribution >= 0.6 is 0 Å². The van der Waals surface area contributed by atoms with Gasteiger partial charge in [0.2, 0.25) is 0 Å². The van der Waals surface area contributed by atoms with Gasteiger partial charge in [0.25, 0.3) is 0 Å². The summed E-state index contributed by atoms with van der Waals surface area (Å²) in [5.41, 5.74) is 2.21. The van der Waals surface area contributed by atoms with Crippen molar-refractivity contribution in [2.24, 2.45) is 11.8 Å². The van der Waals surface area contributed by atoms with Crippen LogP contribution in [-0.2, 0) is 9.53 Å². The molecule has 0 amide bonds. The average molecular weight is 266 g/mol. The molecule has 2 aliphatic carbocycles. The van der Waals surface area contributed by atoms with E-state index in [4.69, 9.17) is 9.84 Å². The van der Waals surface area contributed by atoms with Gasteiger partial charge in [-0.15, -0.1) is 0 Å². The van der Waals surface area contributed by atoms with E-state index in [2.05, 4.69) is 0 Å². The monoisotopic (exact) mass is 266 g/mol. The molecular formula is C16H26O3. The fourth-order valence-corrected chi connectivity index (χ4v) is 3.78. The minimum atomic E-state index is -0.220. The highest BCUT2D eigenvalue weighted by Gasteiger charge is 2.31. The predicted octanol–water partition coefficient (Wildman–Crippen LogP) is 3.22. The van der Waals surface area contributed by atoms with Gasteiger partial charge in [-0.05, 0) is 44.4 Å². The lowest BCUT2D eigenvalue weighted by Crippen LogP contribution is -2.17. The number of allylic oxidation sites excluding steroid dienone is 1. The molecule has 0 unspecified atom stereocenters. The highest BCUT2D eigenvalue weighted by molar-refractivity contribution is 5.88. The second kappa shape index (κ2) is 7.09. The molecule has 0 aliphatic heterocycles. The summed E-state index contributed by atoms with van der Waals surface area (Å²) in [5.74, 6) is 0.984. The fraction of sp³-hybridized carbons (Fsp3) is 0.812. The summed E-state index contributed by atoms with van der Waals surface area (Å²) in [7, 11) is 0. The Morgan fingerprint density at radius 3 is 1.95 bits per heavy atom. The Morgan fingerprint density at radius 1 is 1.05 bits per heavy atom. The quantitative estimate of drug-likeness (QED) is 0.614. The number of aliphatic hydroxyl groups excluding tert-OH is 1. The van der Waals surface area contributed by atoms with Crippen molar-refractivity contribution in [3.63, 3.8) is 0 Å². The van der Waals surface area contributed by atoms with Crippen LogP contribution in [0.4, 0.5) is 0 Å².